The van der Waals surface area contributed by atoms with Crippen molar-refractivity contribution in [3.05, 3.63) is 35.1 Å². The fourth-order valence-corrected chi connectivity index (χ4v) is 2.40. The van der Waals surface area contributed by atoms with Crippen LogP contribution < -0.4 is 0 Å². The molecule has 0 amide bonds. The first kappa shape index (κ1) is 16.2. The standard InChI is InChI=1S/C15H19F4NO/c16-13-8-11(7-12(9-13)15(17,18)19)10-20(14-3-4-14)5-1-2-6-21/h7-9,14,21H,1-6,10H2. The Kier molecular flexibility index (Phi) is 5.22. The Morgan fingerprint density at radius 1 is 1.14 bits per heavy atom. The van der Waals surface area contributed by atoms with Gasteiger partial charge in [0.25, 0.3) is 0 Å². The van der Waals surface area contributed by atoms with Crippen LogP contribution in [0.3, 0.4) is 0 Å². The van der Waals surface area contributed by atoms with Crippen molar-refractivity contribution in [1.29, 1.82) is 0 Å². The number of nitrogens with zero attached hydrogens (tertiary/aromatic N) is 1. The Hall–Kier alpha value is -1.14. The zero-order chi connectivity index (χ0) is 15.5. The lowest BCUT2D eigenvalue weighted by molar-refractivity contribution is -0.137. The zero-order valence-corrected chi connectivity index (χ0v) is 11.7. The van der Waals surface area contributed by atoms with Crippen LogP contribution in [0.25, 0.3) is 0 Å². The molecule has 1 aliphatic rings. The van der Waals surface area contributed by atoms with E-state index in [-0.39, 0.29) is 6.61 Å². The summed E-state index contributed by atoms with van der Waals surface area (Å²) in [5.41, 5.74) is -0.596. The van der Waals surface area contributed by atoms with Crippen LogP contribution in [0.15, 0.2) is 18.2 Å². The Morgan fingerprint density at radius 3 is 2.43 bits per heavy atom. The summed E-state index contributed by atoms with van der Waals surface area (Å²) in [6, 6.07) is 3.08. The Morgan fingerprint density at radius 2 is 1.86 bits per heavy atom. The Labute approximate surface area is 121 Å². The number of unbranched alkanes of at least 4 members (excludes halogenated alkanes) is 1. The molecule has 1 saturated carbocycles. The summed E-state index contributed by atoms with van der Waals surface area (Å²) in [6.45, 7) is 1.14. The summed E-state index contributed by atoms with van der Waals surface area (Å²) in [6.07, 6.45) is -1.02. The van der Waals surface area contributed by atoms with Crippen molar-refractivity contribution in [2.24, 2.45) is 0 Å². The summed E-state index contributed by atoms with van der Waals surface area (Å²) >= 11 is 0. The molecule has 6 heteroatoms. The molecule has 1 aromatic rings. The molecule has 118 valence electrons. The number of benzene rings is 1. The van der Waals surface area contributed by atoms with Gasteiger partial charge >= 0.3 is 6.18 Å². The maximum absolute atomic E-state index is 13.4. The molecule has 2 rings (SSSR count). The van der Waals surface area contributed by atoms with Crippen LogP contribution in [0.2, 0.25) is 0 Å². The number of aliphatic hydroxyl groups is 1. The number of aliphatic hydroxyl groups excluding tert-OH is 1. The van der Waals surface area contributed by atoms with Crippen molar-refractivity contribution in [2.75, 3.05) is 13.2 Å². The van der Waals surface area contributed by atoms with E-state index >= 15 is 0 Å². The second kappa shape index (κ2) is 6.75. The second-order valence-electron chi connectivity index (χ2n) is 5.48. The molecule has 1 fully saturated rings. The topological polar surface area (TPSA) is 23.5 Å². The third kappa shape index (κ3) is 4.97. The lowest BCUT2D eigenvalue weighted by atomic mass is 10.1. The van der Waals surface area contributed by atoms with E-state index in [0.717, 1.165) is 31.4 Å². The summed E-state index contributed by atoms with van der Waals surface area (Å²) in [5, 5.41) is 8.79. The highest BCUT2D eigenvalue weighted by molar-refractivity contribution is 5.27. The molecule has 1 aromatic carbocycles. The minimum atomic E-state index is -4.53. The summed E-state index contributed by atoms with van der Waals surface area (Å²) in [4.78, 5) is 2.07. The summed E-state index contributed by atoms with van der Waals surface area (Å²) < 4.78 is 51.5. The maximum Gasteiger partial charge on any atom is 0.416 e. The molecule has 0 unspecified atom stereocenters. The van der Waals surface area contributed by atoms with E-state index in [1.807, 2.05) is 0 Å². The molecule has 0 heterocycles. The van der Waals surface area contributed by atoms with Crippen molar-refractivity contribution < 1.29 is 22.7 Å². The van der Waals surface area contributed by atoms with Crippen molar-refractivity contribution in [3.63, 3.8) is 0 Å². The number of alkyl halides is 3. The van der Waals surface area contributed by atoms with Gasteiger partial charge in [-0.15, -0.1) is 0 Å². The number of hydrogen-bond acceptors (Lipinski definition) is 2. The highest BCUT2D eigenvalue weighted by Crippen LogP contribution is 2.32. The second-order valence-corrected chi connectivity index (χ2v) is 5.48. The van der Waals surface area contributed by atoms with Crippen LogP contribution in [0, 0.1) is 5.82 Å². The highest BCUT2D eigenvalue weighted by atomic mass is 19.4. The van der Waals surface area contributed by atoms with Crippen LogP contribution in [0.4, 0.5) is 17.6 Å². The SMILES string of the molecule is OCCCCN(Cc1cc(F)cc(C(F)(F)F)c1)C1CC1. The minimum absolute atomic E-state index is 0.108. The quantitative estimate of drug-likeness (QED) is 0.615. The number of halogens is 4. The molecule has 0 atom stereocenters. The average Bonchev–Trinajstić information content (AvgIpc) is 3.20. The van der Waals surface area contributed by atoms with Gasteiger partial charge in [0.2, 0.25) is 0 Å². The lowest BCUT2D eigenvalue weighted by Gasteiger charge is -2.22. The third-order valence-electron chi connectivity index (χ3n) is 3.59. The van der Waals surface area contributed by atoms with Crippen LogP contribution in [0.5, 0.6) is 0 Å². The van der Waals surface area contributed by atoms with Gasteiger partial charge in [0.1, 0.15) is 5.82 Å². The molecule has 0 saturated heterocycles. The first-order valence-electron chi connectivity index (χ1n) is 7.11. The molecule has 0 aromatic heterocycles. The van der Waals surface area contributed by atoms with Crippen molar-refractivity contribution in [1.82, 2.24) is 4.90 Å². The molecule has 2 nitrogen and oxygen atoms in total. The molecule has 0 spiro atoms. The molecule has 0 radical (unpaired) electrons. The van der Waals surface area contributed by atoms with E-state index in [2.05, 4.69) is 4.90 Å². The van der Waals surface area contributed by atoms with Crippen molar-refractivity contribution >= 4 is 0 Å². The summed E-state index contributed by atoms with van der Waals surface area (Å²) in [7, 11) is 0. The van der Waals surface area contributed by atoms with Gasteiger partial charge in [-0.1, -0.05) is 0 Å². The monoisotopic (exact) mass is 305 g/mol. The minimum Gasteiger partial charge on any atom is -0.396 e. The van der Waals surface area contributed by atoms with Gasteiger partial charge < -0.3 is 5.11 Å². The van der Waals surface area contributed by atoms with Crippen molar-refractivity contribution in [2.45, 2.75) is 44.4 Å². The molecule has 1 N–H and O–H groups in total. The van der Waals surface area contributed by atoms with Gasteiger partial charge in [-0.3, -0.25) is 4.90 Å². The van der Waals surface area contributed by atoms with Gasteiger partial charge in [-0.2, -0.15) is 13.2 Å². The Bertz CT molecular complexity index is 471. The van der Waals surface area contributed by atoms with E-state index in [0.29, 0.717) is 37.2 Å². The van der Waals surface area contributed by atoms with Crippen LogP contribution in [-0.2, 0) is 12.7 Å². The van der Waals surface area contributed by atoms with Crippen LogP contribution in [-0.4, -0.2) is 29.2 Å². The molecule has 0 bridgehead atoms. The third-order valence-corrected chi connectivity index (χ3v) is 3.59. The summed E-state index contributed by atoms with van der Waals surface area (Å²) in [5.74, 6) is -0.856. The Balaban J connectivity index is 2.07. The zero-order valence-electron chi connectivity index (χ0n) is 11.7. The predicted molar refractivity (Wildman–Crippen MR) is 71.2 cm³/mol. The van der Waals surface area contributed by atoms with E-state index in [4.69, 9.17) is 5.11 Å². The van der Waals surface area contributed by atoms with Gasteiger partial charge in [0, 0.05) is 19.2 Å². The van der Waals surface area contributed by atoms with Crippen molar-refractivity contribution in [3.8, 4) is 0 Å². The van der Waals surface area contributed by atoms with Gasteiger partial charge in [-0.05, 0) is 56.0 Å². The smallest absolute Gasteiger partial charge is 0.396 e. The van der Waals surface area contributed by atoms with Gasteiger partial charge in [0.05, 0.1) is 5.56 Å². The van der Waals surface area contributed by atoms with Gasteiger partial charge in [0.15, 0.2) is 0 Å². The van der Waals surface area contributed by atoms with Crippen LogP contribution >= 0.6 is 0 Å². The van der Waals surface area contributed by atoms with E-state index < -0.39 is 17.6 Å². The predicted octanol–water partition coefficient (Wildman–Crippen LogP) is 3.58. The number of rotatable bonds is 7. The first-order chi connectivity index (χ1) is 9.90. The van der Waals surface area contributed by atoms with E-state index in [1.54, 1.807) is 0 Å². The maximum atomic E-state index is 13.4. The van der Waals surface area contributed by atoms with Crippen LogP contribution in [0.1, 0.15) is 36.8 Å². The molecule has 1 aliphatic carbocycles. The average molecular weight is 305 g/mol. The highest BCUT2D eigenvalue weighted by Gasteiger charge is 2.32. The lowest BCUT2D eigenvalue weighted by Crippen LogP contribution is -2.27. The largest absolute Gasteiger partial charge is 0.416 e. The molecular weight excluding hydrogens is 286 g/mol. The number of hydrogen-bond donors (Lipinski definition) is 1. The fraction of sp³-hybridized carbons (Fsp3) is 0.600. The molecular formula is C15H19F4NO. The first-order valence-corrected chi connectivity index (χ1v) is 7.11. The van der Waals surface area contributed by atoms with E-state index in [1.165, 1.54) is 0 Å². The molecule has 0 aliphatic heterocycles. The normalized spacial score (nSPS) is 15.7. The van der Waals surface area contributed by atoms with E-state index in [9.17, 15) is 17.6 Å². The fourth-order valence-electron chi connectivity index (χ4n) is 2.40. The molecule has 21 heavy (non-hydrogen) atoms. The van der Waals surface area contributed by atoms with Gasteiger partial charge in [-0.25, -0.2) is 4.39 Å².